The van der Waals surface area contributed by atoms with Crippen LogP contribution in [-0.4, -0.2) is 72.9 Å². The van der Waals surface area contributed by atoms with Crippen LogP contribution < -0.4 is 10.6 Å². The highest BCUT2D eigenvalue weighted by atomic mass is 16.7. The minimum atomic E-state index is -1.04. The van der Waals surface area contributed by atoms with E-state index in [-0.39, 0.29) is 6.42 Å². The summed E-state index contributed by atoms with van der Waals surface area (Å²) in [6.45, 7) is 3.66. The Morgan fingerprint density at radius 2 is 1.72 bits per heavy atom. The lowest BCUT2D eigenvalue weighted by molar-refractivity contribution is -0.147. The molecule has 9 nitrogen and oxygen atoms in total. The second-order valence-electron chi connectivity index (χ2n) is 10.1. The van der Waals surface area contributed by atoms with Gasteiger partial charge in [0.25, 0.3) is 0 Å². The predicted octanol–water partition coefficient (Wildman–Crippen LogP) is 3.01. The zero-order chi connectivity index (χ0) is 27.1. The molecule has 0 bridgehead atoms. The molecule has 2 atom stereocenters. The van der Waals surface area contributed by atoms with Crippen LogP contribution >= 0.6 is 0 Å². The standard InChI is InChI=1S/C30H33N5O4/c31-21-30(12-13-34(22-30)20-23-6-2-1-3-7-23)33-28(36)27(32-29(37)39-35-14-16-38-17-15-35)19-24-10-11-25-8-4-5-9-26(25)18-24/h1-11,18,27H,12-17,19-20,22H2,(H,32,37)(H,33,36). The van der Waals surface area contributed by atoms with E-state index in [1.54, 1.807) is 0 Å². The van der Waals surface area contributed by atoms with Gasteiger partial charge in [0.1, 0.15) is 11.6 Å². The first-order valence-corrected chi connectivity index (χ1v) is 13.3. The first-order chi connectivity index (χ1) is 19.0. The number of morpholine rings is 1. The molecule has 39 heavy (non-hydrogen) atoms. The van der Waals surface area contributed by atoms with Gasteiger partial charge in [0.15, 0.2) is 0 Å². The van der Waals surface area contributed by atoms with Crippen molar-refractivity contribution in [1.29, 1.82) is 5.26 Å². The molecule has 2 aliphatic heterocycles. The molecule has 3 aromatic rings. The summed E-state index contributed by atoms with van der Waals surface area (Å²) in [6, 6.07) is 25.4. The van der Waals surface area contributed by atoms with Crippen LogP contribution in [-0.2, 0) is 27.3 Å². The van der Waals surface area contributed by atoms with Crippen molar-refractivity contribution in [2.45, 2.75) is 31.0 Å². The zero-order valence-corrected chi connectivity index (χ0v) is 21.8. The number of rotatable bonds is 8. The third kappa shape index (κ3) is 6.92. The normalized spacial score (nSPS) is 20.7. The van der Waals surface area contributed by atoms with E-state index in [4.69, 9.17) is 9.57 Å². The molecule has 2 amide bonds. The number of hydrogen-bond acceptors (Lipinski definition) is 7. The van der Waals surface area contributed by atoms with Crippen LogP contribution in [0.1, 0.15) is 17.5 Å². The lowest BCUT2D eigenvalue weighted by atomic mass is 9.97. The lowest BCUT2D eigenvalue weighted by Gasteiger charge is -2.28. The summed E-state index contributed by atoms with van der Waals surface area (Å²) < 4.78 is 5.31. The molecule has 2 saturated heterocycles. The van der Waals surface area contributed by atoms with Crippen LogP contribution in [0.3, 0.4) is 0 Å². The molecule has 2 N–H and O–H groups in total. The number of likely N-dealkylation sites (tertiary alicyclic amines) is 1. The van der Waals surface area contributed by atoms with Gasteiger partial charge in [-0.05, 0) is 28.3 Å². The van der Waals surface area contributed by atoms with Gasteiger partial charge in [-0.15, -0.1) is 5.06 Å². The van der Waals surface area contributed by atoms with E-state index in [0.29, 0.717) is 52.4 Å². The van der Waals surface area contributed by atoms with Crippen molar-refractivity contribution in [3.05, 3.63) is 83.9 Å². The van der Waals surface area contributed by atoms with Crippen LogP contribution in [0.2, 0.25) is 0 Å². The summed E-state index contributed by atoms with van der Waals surface area (Å²) in [5.74, 6) is -0.412. The average molecular weight is 528 g/mol. The highest BCUT2D eigenvalue weighted by Crippen LogP contribution is 2.23. The number of carbonyl (C=O) groups is 2. The van der Waals surface area contributed by atoms with Gasteiger partial charge in [0.05, 0.1) is 32.4 Å². The quantitative estimate of drug-likeness (QED) is 0.464. The van der Waals surface area contributed by atoms with Gasteiger partial charge < -0.3 is 20.2 Å². The molecule has 0 spiro atoms. The van der Waals surface area contributed by atoms with Crippen LogP contribution in [0.5, 0.6) is 0 Å². The van der Waals surface area contributed by atoms with Gasteiger partial charge in [0, 0.05) is 26.1 Å². The fourth-order valence-corrected chi connectivity index (χ4v) is 5.14. The summed E-state index contributed by atoms with van der Waals surface area (Å²) in [5, 5.41) is 19.5. The van der Waals surface area contributed by atoms with E-state index in [2.05, 4.69) is 33.7 Å². The number of ether oxygens (including phenoxy) is 1. The van der Waals surface area contributed by atoms with E-state index in [0.717, 1.165) is 21.9 Å². The molecule has 3 aromatic carbocycles. The third-order valence-electron chi connectivity index (χ3n) is 7.22. The van der Waals surface area contributed by atoms with Crippen molar-refractivity contribution in [2.24, 2.45) is 0 Å². The Morgan fingerprint density at radius 3 is 2.49 bits per heavy atom. The van der Waals surface area contributed by atoms with Gasteiger partial charge in [-0.2, -0.15) is 5.26 Å². The summed E-state index contributed by atoms with van der Waals surface area (Å²) >= 11 is 0. The van der Waals surface area contributed by atoms with E-state index in [9.17, 15) is 14.9 Å². The second-order valence-corrected chi connectivity index (χ2v) is 10.1. The predicted molar refractivity (Wildman–Crippen MR) is 146 cm³/mol. The summed E-state index contributed by atoms with van der Waals surface area (Å²) in [5.41, 5.74) is 1.01. The number of nitriles is 1. The number of nitrogens with zero attached hydrogens (tertiary/aromatic N) is 3. The Kier molecular flexibility index (Phi) is 8.37. The molecule has 202 valence electrons. The minimum absolute atomic E-state index is 0.254. The van der Waals surface area contributed by atoms with E-state index < -0.39 is 23.6 Å². The van der Waals surface area contributed by atoms with Crippen molar-refractivity contribution in [1.82, 2.24) is 20.6 Å². The van der Waals surface area contributed by atoms with E-state index >= 15 is 0 Å². The SMILES string of the molecule is N#CC1(NC(=O)C(Cc2ccc3ccccc3c2)NC(=O)ON2CCOCC2)CCN(Cc2ccccc2)C1. The molecule has 5 rings (SSSR count). The van der Waals surface area contributed by atoms with Crippen molar-refractivity contribution in [2.75, 3.05) is 39.4 Å². The smallest absolute Gasteiger partial charge is 0.379 e. The molecule has 0 aliphatic carbocycles. The van der Waals surface area contributed by atoms with Crippen LogP contribution in [0.15, 0.2) is 72.8 Å². The molecule has 0 saturated carbocycles. The highest BCUT2D eigenvalue weighted by Gasteiger charge is 2.41. The van der Waals surface area contributed by atoms with Gasteiger partial charge >= 0.3 is 6.09 Å². The highest BCUT2D eigenvalue weighted by molar-refractivity contribution is 5.87. The van der Waals surface area contributed by atoms with E-state index in [1.807, 2.05) is 60.7 Å². The molecule has 0 radical (unpaired) electrons. The lowest BCUT2D eigenvalue weighted by Crippen LogP contribution is -2.57. The maximum absolute atomic E-state index is 13.6. The summed E-state index contributed by atoms with van der Waals surface area (Å²) in [6.07, 6.45) is 0.0496. The van der Waals surface area contributed by atoms with Crippen molar-refractivity contribution in [3.63, 3.8) is 0 Å². The first-order valence-electron chi connectivity index (χ1n) is 13.3. The minimum Gasteiger partial charge on any atom is -0.379 e. The Labute approximate surface area is 228 Å². The largest absolute Gasteiger partial charge is 0.426 e. The van der Waals surface area contributed by atoms with Crippen LogP contribution in [0, 0.1) is 11.3 Å². The molecule has 0 aromatic heterocycles. The molecule has 2 fully saturated rings. The van der Waals surface area contributed by atoms with Crippen molar-refractivity contribution in [3.8, 4) is 6.07 Å². The number of hydrogen-bond donors (Lipinski definition) is 2. The first kappa shape index (κ1) is 26.6. The zero-order valence-electron chi connectivity index (χ0n) is 21.8. The van der Waals surface area contributed by atoms with Crippen molar-refractivity contribution >= 4 is 22.8 Å². The van der Waals surface area contributed by atoms with Gasteiger partial charge in [0.2, 0.25) is 5.91 Å². The Hall–Kier alpha value is -3.97. The maximum atomic E-state index is 13.6. The fourth-order valence-electron chi connectivity index (χ4n) is 5.14. The molecule has 9 heteroatoms. The average Bonchev–Trinajstić information content (AvgIpc) is 3.36. The number of nitrogens with one attached hydrogen (secondary N) is 2. The summed E-state index contributed by atoms with van der Waals surface area (Å²) in [7, 11) is 0. The Balaban J connectivity index is 1.29. The van der Waals surface area contributed by atoms with Crippen molar-refractivity contribution < 1.29 is 19.2 Å². The van der Waals surface area contributed by atoms with Gasteiger partial charge in [-0.3, -0.25) is 9.69 Å². The molecule has 2 aliphatic rings. The topological polar surface area (TPSA) is 107 Å². The fraction of sp³-hybridized carbons (Fsp3) is 0.367. The number of hydroxylamine groups is 2. The molecular weight excluding hydrogens is 494 g/mol. The number of fused-ring (bicyclic) bond motifs is 1. The Morgan fingerprint density at radius 1 is 0.974 bits per heavy atom. The number of amides is 2. The van der Waals surface area contributed by atoms with Gasteiger partial charge in [-0.25, -0.2) is 4.79 Å². The monoisotopic (exact) mass is 527 g/mol. The summed E-state index contributed by atoms with van der Waals surface area (Å²) in [4.78, 5) is 34.0. The Bertz CT molecular complexity index is 1340. The van der Waals surface area contributed by atoms with Crippen LogP contribution in [0.25, 0.3) is 10.8 Å². The molecule has 2 unspecified atom stereocenters. The maximum Gasteiger partial charge on any atom is 0.426 e. The molecule has 2 heterocycles. The second kappa shape index (κ2) is 12.3. The van der Waals surface area contributed by atoms with Crippen LogP contribution in [0.4, 0.5) is 4.79 Å². The van der Waals surface area contributed by atoms with Gasteiger partial charge in [-0.1, -0.05) is 72.8 Å². The number of carbonyl (C=O) groups excluding carboxylic acids is 2. The number of benzene rings is 3. The third-order valence-corrected chi connectivity index (χ3v) is 7.22. The van der Waals surface area contributed by atoms with E-state index in [1.165, 1.54) is 5.06 Å². The molecular formula is C30H33N5O4.